The van der Waals surface area contributed by atoms with E-state index in [2.05, 4.69) is 43.2 Å². The molecule has 0 saturated heterocycles. The van der Waals surface area contributed by atoms with Crippen LogP contribution in [0.4, 0.5) is 0 Å². The highest BCUT2D eigenvalue weighted by atomic mass is 79.9. The van der Waals surface area contributed by atoms with E-state index in [1.54, 1.807) is 11.3 Å². The molecule has 1 amide bonds. The molecule has 2 aromatic rings. The van der Waals surface area contributed by atoms with E-state index in [1.165, 1.54) is 4.88 Å². The van der Waals surface area contributed by atoms with E-state index in [9.17, 15) is 4.79 Å². The number of aryl methyl sites for hydroxylation is 1. The monoisotopic (exact) mass is 401 g/mol. The molecule has 100 valence electrons. The van der Waals surface area contributed by atoms with Gasteiger partial charge in [0.2, 0.25) is 0 Å². The van der Waals surface area contributed by atoms with Gasteiger partial charge in [0.15, 0.2) is 0 Å². The van der Waals surface area contributed by atoms with E-state index in [4.69, 9.17) is 0 Å². The van der Waals surface area contributed by atoms with Crippen LogP contribution in [0.2, 0.25) is 0 Å². The Morgan fingerprint density at radius 3 is 2.68 bits per heavy atom. The first kappa shape index (κ1) is 14.8. The molecule has 0 aliphatic heterocycles. The molecule has 0 aliphatic carbocycles. The fourth-order valence-corrected chi connectivity index (χ4v) is 3.84. The molecule has 0 bridgehead atoms. The van der Waals surface area contributed by atoms with Gasteiger partial charge in [0.1, 0.15) is 0 Å². The van der Waals surface area contributed by atoms with Gasteiger partial charge in [0, 0.05) is 15.9 Å². The van der Waals surface area contributed by atoms with Crippen LogP contribution in [-0.2, 0) is 6.42 Å². The van der Waals surface area contributed by atoms with E-state index in [-0.39, 0.29) is 5.91 Å². The summed E-state index contributed by atoms with van der Waals surface area (Å²) in [5.74, 6) is -0.0394. The van der Waals surface area contributed by atoms with Crippen LogP contribution in [0.3, 0.4) is 0 Å². The van der Waals surface area contributed by atoms with Crippen LogP contribution in [0.5, 0.6) is 0 Å². The molecular formula is C14H13Br2NOS. The van der Waals surface area contributed by atoms with Crippen molar-refractivity contribution in [3.63, 3.8) is 0 Å². The largest absolute Gasteiger partial charge is 0.352 e. The number of thiophene rings is 1. The van der Waals surface area contributed by atoms with Crippen LogP contribution in [0, 0.1) is 6.92 Å². The average Bonchev–Trinajstić information content (AvgIpc) is 2.75. The maximum absolute atomic E-state index is 12.0. The molecule has 1 aromatic heterocycles. The molecule has 0 spiro atoms. The number of nitrogens with one attached hydrogen (secondary N) is 1. The summed E-state index contributed by atoms with van der Waals surface area (Å²) in [6, 6.07) is 9.83. The number of rotatable bonds is 4. The molecule has 1 N–H and O–H groups in total. The van der Waals surface area contributed by atoms with E-state index in [0.717, 1.165) is 20.2 Å². The van der Waals surface area contributed by atoms with Crippen molar-refractivity contribution in [2.75, 3.05) is 6.54 Å². The number of amides is 1. The normalized spacial score (nSPS) is 10.5. The molecule has 0 saturated carbocycles. The van der Waals surface area contributed by atoms with Crippen LogP contribution >= 0.6 is 43.2 Å². The molecule has 2 nitrogen and oxygen atoms in total. The van der Waals surface area contributed by atoms with Crippen LogP contribution in [0.15, 0.2) is 38.6 Å². The van der Waals surface area contributed by atoms with E-state index < -0.39 is 0 Å². The van der Waals surface area contributed by atoms with Crippen LogP contribution in [0.1, 0.15) is 20.8 Å². The Labute approximate surface area is 133 Å². The number of hydrogen-bond donors (Lipinski definition) is 1. The number of benzene rings is 1. The third kappa shape index (κ3) is 4.16. The Bertz CT molecular complexity index is 595. The molecular weight excluding hydrogens is 390 g/mol. The third-order valence-corrected chi connectivity index (χ3v) is 4.99. The number of halogens is 2. The zero-order valence-corrected chi connectivity index (χ0v) is 14.4. The number of carbonyl (C=O) groups excluding carboxylic acids is 1. The lowest BCUT2D eigenvalue weighted by Crippen LogP contribution is -2.25. The van der Waals surface area contributed by atoms with Crippen molar-refractivity contribution < 1.29 is 4.79 Å². The van der Waals surface area contributed by atoms with Gasteiger partial charge in [-0.3, -0.25) is 4.79 Å². The Morgan fingerprint density at radius 1 is 1.26 bits per heavy atom. The van der Waals surface area contributed by atoms with Crippen LogP contribution in [-0.4, -0.2) is 12.5 Å². The molecule has 0 atom stereocenters. The van der Waals surface area contributed by atoms with E-state index in [1.807, 2.05) is 31.2 Å². The quantitative estimate of drug-likeness (QED) is 0.798. The van der Waals surface area contributed by atoms with E-state index >= 15 is 0 Å². The molecule has 1 heterocycles. The molecule has 0 radical (unpaired) electrons. The van der Waals surface area contributed by atoms with Crippen molar-refractivity contribution in [3.8, 4) is 0 Å². The van der Waals surface area contributed by atoms with Crippen molar-refractivity contribution in [1.82, 2.24) is 5.32 Å². The predicted octanol–water partition coefficient (Wildman–Crippen LogP) is 4.55. The lowest BCUT2D eigenvalue weighted by Gasteiger charge is -2.07. The van der Waals surface area contributed by atoms with Crippen LogP contribution in [0.25, 0.3) is 0 Å². The molecule has 0 unspecified atom stereocenters. The Balaban J connectivity index is 1.90. The lowest BCUT2D eigenvalue weighted by atomic mass is 10.1. The summed E-state index contributed by atoms with van der Waals surface area (Å²) >= 11 is 8.55. The fourth-order valence-electron chi connectivity index (χ4n) is 1.68. The van der Waals surface area contributed by atoms with Crippen molar-refractivity contribution in [1.29, 1.82) is 0 Å². The zero-order chi connectivity index (χ0) is 13.8. The van der Waals surface area contributed by atoms with Crippen molar-refractivity contribution in [2.24, 2.45) is 0 Å². The highest BCUT2D eigenvalue weighted by molar-refractivity contribution is 9.11. The molecule has 5 heteroatoms. The minimum Gasteiger partial charge on any atom is -0.352 e. The van der Waals surface area contributed by atoms with Gasteiger partial charge in [0.05, 0.1) is 9.35 Å². The molecule has 0 aliphatic rings. The van der Waals surface area contributed by atoms with Gasteiger partial charge >= 0.3 is 0 Å². The van der Waals surface area contributed by atoms with Gasteiger partial charge in [-0.25, -0.2) is 0 Å². The number of hydrogen-bond acceptors (Lipinski definition) is 2. The maximum Gasteiger partial charge on any atom is 0.252 e. The van der Waals surface area contributed by atoms with Gasteiger partial charge in [0.25, 0.3) is 5.91 Å². The Kier molecular flexibility index (Phi) is 5.19. The fraction of sp³-hybridized carbons (Fsp3) is 0.214. The SMILES string of the molecule is Cc1ccc(C(=O)NCCc2ccc(Br)s2)c(Br)c1. The smallest absolute Gasteiger partial charge is 0.252 e. The summed E-state index contributed by atoms with van der Waals surface area (Å²) < 4.78 is 1.96. The summed E-state index contributed by atoms with van der Waals surface area (Å²) in [6.07, 6.45) is 0.853. The van der Waals surface area contributed by atoms with Gasteiger partial charge in [-0.05, 0) is 75.0 Å². The second-order valence-electron chi connectivity index (χ2n) is 4.20. The van der Waals surface area contributed by atoms with Gasteiger partial charge in [-0.2, -0.15) is 0 Å². The third-order valence-electron chi connectivity index (χ3n) is 2.66. The Morgan fingerprint density at radius 2 is 2.05 bits per heavy atom. The molecule has 2 rings (SSSR count). The highest BCUT2D eigenvalue weighted by Crippen LogP contribution is 2.22. The van der Waals surface area contributed by atoms with Crippen molar-refractivity contribution in [3.05, 3.63) is 54.6 Å². The second-order valence-corrected chi connectivity index (χ2v) is 7.60. The summed E-state index contributed by atoms with van der Waals surface area (Å²) in [5.41, 5.74) is 1.81. The highest BCUT2D eigenvalue weighted by Gasteiger charge is 2.09. The molecule has 19 heavy (non-hydrogen) atoms. The van der Waals surface area contributed by atoms with E-state index in [0.29, 0.717) is 12.1 Å². The second kappa shape index (κ2) is 6.68. The van der Waals surface area contributed by atoms with Gasteiger partial charge in [-0.15, -0.1) is 11.3 Å². The zero-order valence-electron chi connectivity index (χ0n) is 10.4. The molecule has 0 fully saturated rings. The van der Waals surface area contributed by atoms with Gasteiger partial charge < -0.3 is 5.32 Å². The summed E-state index contributed by atoms with van der Waals surface area (Å²) in [6.45, 7) is 2.65. The standard InChI is InChI=1S/C14H13Br2NOS/c1-9-2-4-11(12(15)8-9)14(18)17-7-6-10-3-5-13(16)19-10/h2-5,8H,6-7H2,1H3,(H,17,18). The van der Waals surface area contributed by atoms with Gasteiger partial charge in [-0.1, -0.05) is 6.07 Å². The molecule has 1 aromatic carbocycles. The minimum absolute atomic E-state index is 0.0394. The van der Waals surface area contributed by atoms with Crippen molar-refractivity contribution >= 4 is 49.1 Å². The lowest BCUT2D eigenvalue weighted by molar-refractivity contribution is 0.0953. The maximum atomic E-state index is 12.0. The topological polar surface area (TPSA) is 29.1 Å². The number of carbonyl (C=O) groups is 1. The Hall–Kier alpha value is -0.650. The first-order valence-electron chi connectivity index (χ1n) is 5.85. The average molecular weight is 403 g/mol. The summed E-state index contributed by atoms with van der Waals surface area (Å²) in [5, 5.41) is 2.94. The summed E-state index contributed by atoms with van der Waals surface area (Å²) in [4.78, 5) is 13.3. The first-order valence-corrected chi connectivity index (χ1v) is 8.25. The van der Waals surface area contributed by atoms with Crippen molar-refractivity contribution in [2.45, 2.75) is 13.3 Å². The van der Waals surface area contributed by atoms with Crippen LogP contribution < -0.4 is 5.32 Å². The predicted molar refractivity (Wildman–Crippen MR) is 86.9 cm³/mol. The summed E-state index contributed by atoms with van der Waals surface area (Å²) in [7, 11) is 0. The first-order chi connectivity index (χ1) is 9.06. The minimum atomic E-state index is -0.0394.